The zero-order valence-electron chi connectivity index (χ0n) is 17.3. The van der Waals surface area contributed by atoms with Gasteiger partial charge in [0.05, 0.1) is 18.6 Å². The van der Waals surface area contributed by atoms with Crippen LogP contribution in [0.5, 0.6) is 0 Å². The van der Waals surface area contributed by atoms with Gasteiger partial charge in [0.1, 0.15) is 12.2 Å². The quantitative estimate of drug-likeness (QED) is 0.696. The molecule has 1 rings (SSSR count). The Labute approximate surface area is 162 Å². The van der Waals surface area contributed by atoms with Gasteiger partial charge < -0.3 is 19.5 Å². The largest absolute Gasteiger partial charge is 0.460 e. The lowest BCUT2D eigenvalue weighted by molar-refractivity contribution is -0.158. The first-order chi connectivity index (χ1) is 12.5. The Morgan fingerprint density at radius 3 is 2.30 bits per heavy atom. The van der Waals surface area contributed by atoms with Crippen molar-refractivity contribution in [2.45, 2.75) is 71.8 Å². The summed E-state index contributed by atoms with van der Waals surface area (Å²) in [4.78, 5) is 25.9. The van der Waals surface area contributed by atoms with Crippen LogP contribution < -0.4 is 0 Å². The fourth-order valence-corrected chi connectivity index (χ4v) is 2.88. The van der Waals surface area contributed by atoms with E-state index in [1.807, 2.05) is 44.2 Å². The molecule has 152 valence electrons. The summed E-state index contributed by atoms with van der Waals surface area (Å²) in [6.45, 7) is 9.38. The SMILES string of the molecule is CC[C@H](C)C([C@H](O)CC(=O)OC(C)(C)C)N(C)C(=O)OCc1ccccc1. The minimum Gasteiger partial charge on any atom is -0.460 e. The Kier molecular flexibility index (Phi) is 8.76. The molecule has 0 saturated carbocycles. The van der Waals surface area contributed by atoms with Gasteiger partial charge in [0.2, 0.25) is 0 Å². The second-order valence-corrected chi connectivity index (χ2v) is 7.89. The van der Waals surface area contributed by atoms with Gasteiger partial charge >= 0.3 is 12.1 Å². The summed E-state index contributed by atoms with van der Waals surface area (Å²) < 4.78 is 10.6. The maximum absolute atomic E-state index is 12.5. The summed E-state index contributed by atoms with van der Waals surface area (Å²) in [5.74, 6) is -0.508. The van der Waals surface area contributed by atoms with Gasteiger partial charge in [-0.15, -0.1) is 0 Å². The monoisotopic (exact) mass is 379 g/mol. The lowest BCUT2D eigenvalue weighted by Gasteiger charge is -2.35. The van der Waals surface area contributed by atoms with E-state index in [1.165, 1.54) is 4.90 Å². The molecule has 1 amide bonds. The molecule has 0 aromatic heterocycles. The number of carbonyl (C=O) groups is 2. The highest BCUT2D eigenvalue weighted by atomic mass is 16.6. The predicted molar refractivity (Wildman–Crippen MR) is 104 cm³/mol. The van der Waals surface area contributed by atoms with Crippen molar-refractivity contribution < 1.29 is 24.2 Å². The smallest absolute Gasteiger partial charge is 0.410 e. The van der Waals surface area contributed by atoms with Gasteiger partial charge in [-0.25, -0.2) is 4.79 Å². The Bertz CT molecular complexity index is 596. The third kappa shape index (κ3) is 7.99. The number of likely N-dealkylation sites (N-methyl/N-ethyl adjacent to an activating group) is 1. The van der Waals surface area contributed by atoms with Crippen LogP contribution in [0, 0.1) is 5.92 Å². The fraction of sp³-hybridized carbons (Fsp3) is 0.619. The molecule has 0 fully saturated rings. The Morgan fingerprint density at radius 1 is 1.19 bits per heavy atom. The summed E-state index contributed by atoms with van der Waals surface area (Å²) in [5.41, 5.74) is 0.261. The van der Waals surface area contributed by atoms with Crippen LogP contribution >= 0.6 is 0 Å². The number of hydrogen-bond acceptors (Lipinski definition) is 5. The minimum absolute atomic E-state index is 0.0169. The maximum Gasteiger partial charge on any atom is 0.410 e. The molecule has 3 atom stereocenters. The van der Waals surface area contributed by atoms with Crippen molar-refractivity contribution in [2.75, 3.05) is 7.05 Å². The summed E-state index contributed by atoms with van der Waals surface area (Å²) in [6.07, 6.45) is -1.01. The second kappa shape index (κ2) is 10.3. The van der Waals surface area contributed by atoms with Crippen LogP contribution in [0.1, 0.15) is 53.0 Å². The first kappa shape index (κ1) is 23.0. The summed E-state index contributed by atoms with van der Waals surface area (Å²) >= 11 is 0. The Hall–Kier alpha value is -2.08. The number of aliphatic hydroxyl groups is 1. The van der Waals surface area contributed by atoms with E-state index in [4.69, 9.17) is 9.47 Å². The van der Waals surface area contributed by atoms with E-state index in [9.17, 15) is 14.7 Å². The zero-order valence-corrected chi connectivity index (χ0v) is 17.3. The molecule has 0 bridgehead atoms. The second-order valence-electron chi connectivity index (χ2n) is 7.89. The van der Waals surface area contributed by atoms with E-state index in [-0.39, 0.29) is 18.9 Å². The molecular weight excluding hydrogens is 346 g/mol. The highest BCUT2D eigenvalue weighted by molar-refractivity contribution is 5.71. The number of carbonyl (C=O) groups excluding carboxylic acids is 2. The molecule has 0 aliphatic rings. The van der Waals surface area contributed by atoms with Gasteiger partial charge in [0.25, 0.3) is 0 Å². The number of hydrogen-bond donors (Lipinski definition) is 1. The molecule has 6 nitrogen and oxygen atoms in total. The van der Waals surface area contributed by atoms with Gasteiger partial charge in [-0.1, -0.05) is 50.6 Å². The van der Waals surface area contributed by atoms with Crippen LogP contribution in [0.2, 0.25) is 0 Å². The molecule has 1 unspecified atom stereocenters. The number of rotatable bonds is 8. The number of amides is 1. The van der Waals surface area contributed by atoms with Crippen LogP contribution in [0.3, 0.4) is 0 Å². The predicted octanol–water partition coefficient (Wildman–Crippen LogP) is 3.76. The number of ether oxygens (including phenoxy) is 2. The Balaban J connectivity index is 2.75. The highest BCUT2D eigenvalue weighted by Gasteiger charge is 2.34. The number of aliphatic hydroxyl groups excluding tert-OH is 1. The average Bonchev–Trinajstić information content (AvgIpc) is 2.58. The first-order valence-electron chi connectivity index (χ1n) is 9.38. The van der Waals surface area contributed by atoms with Crippen molar-refractivity contribution in [3.05, 3.63) is 35.9 Å². The van der Waals surface area contributed by atoms with Crippen LogP contribution in [0.15, 0.2) is 30.3 Å². The van der Waals surface area contributed by atoms with Gasteiger partial charge in [-0.05, 0) is 32.3 Å². The molecular formula is C21H33NO5. The van der Waals surface area contributed by atoms with Crippen molar-refractivity contribution in [3.63, 3.8) is 0 Å². The van der Waals surface area contributed by atoms with Gasteiger partial charge in [0.15, 0.2) is 0 Å². The summed E-state index contributed by atoms with van der Waals surface area (Å²) in [6, 6.07) is 8.83. The number of esters is 1. The number of nitrogens with zero attached hydrogens (tertiary/aromatic N) is 1. The number of benzene rings is 1. The summed E-state index contributed by atoms with van der Waals surface area (Å²) in [7, 11) is 1.59. The topological polar surface area (TPSA) is 76.1 Å². The molecule has 6 heteroatoms. The molecule has 0 aliphatic heterocycles. The molecule has 0 aliphatic carbocycles. The Morgan fingerprint density at radius 2 is 1.78 bits per heavy atom. The standard InChI is InChI=1S/C21H33NO5/c1-7-15(2)19(17(23)13-18(24)27-21(3,4)5)22(6)20(25)26-14-16-11-9-8-10-12-16/h8-12,15,17,19,23H,7,13-14H2,1-6H3/t15-,17+,19?/m0/s1. The van der Waals surface area contributed by atoms with Crippen molar-refractivity contribution in [3.8, 4) is 0 Å². The molecule has 1 aromatic carbocycles. The van der Waals surface area contributed by atoms with Crippen molar-refractivity contribution in [2.24, 2.45) is 5.92 Å². The molecule has 27 heavy (non-hydrogen) atoms. The lowest BCUT2D eigenvalue weighted by Crippen LogP contribution is -2.49. The maximum atomic E-state index is 12.5. The third-order valence-corrected chi connectivity index (χ3v) is 4.36. The molecule has 0 heterocycles. The van der Waals surface area contributed by atoms with Crippen molar-refractivity contribution in [1.82, 2.24) is 4.90 Å². The minimum atomic E-state index is -1.04. The third-order valence-electron chi connectivity index (χ3n) is 4.36. The molecule has 1 aromatic rings. The molecule has 0 radical (unpaired) electrons. The molecule has 0 spiro atoms. The van der Waals surface area contributed by atoms with E-state index in [0.29, 0.717) is 0 Å². The van der Waals surface area contributed by atoms with Crippen LogP contribution in [0.25, 0.3) is 0 Å². The van der Waals surface area contributed by atoms with Crippen LogP contribution in [-0.4, -0.2) is 46.9 Å². The average molecular weight is 379 g/mol. The van der Waals surface area contributed by atoms with Gasteiger partial charge in [0, 0.05) is 7.05 Å². The van der Waals surface area contributed by atoms with E-state index in [1.54, 1.807) is 27.8 Å². The van der Waals surface area contributed by atoms with Crippen LogP contribution in [-0.2, 0) is 20.9 Å². The van der Waals surface area contributed by atoms with Crippen molar-refractivity contribution >= 4 is 12.1 Å². The van der Waals surface area contributed by atoms with E-state index >= 15 is 0 Å². The van der Waals surface area contributed by atoms with Crippen LogP contribution in [0.4, 0.5) is 4.79 Å². The molecule has 0 saturated heterocycles. The highest BCUT2D eigenvalue weighted by Crippen LogP contribution is 2.21. The zero-order chi connectivity index (χ0) is 20.6. The first-order valence-corrected chi connectivity index (χ1v) is 9.38. The van der Waals surface area contributed by atoms with Gasteiger partial charge in [-0.2, -0.15) is 0 Å². The summed E-state index contributed by atoms with van der Waals surface area (Å²) in [5, 5.41) is 10.6. The van der Waals surface area contributed by atoms with E-state index in [2.05, 4.69) is 0 Å². The normalized spacial score (nSPS) is 14.8. The van der Waals surface area contributed by atoms with Gasteiger partial charge in [-0.3, -0.25) is 4.79 Å². The fourth-order valence-electron chi connectivity index (χ4n) is 2.88. The lowest BCUT2D eigenvalue weighted by atomic mass is 9.91. The van der Waals surface area contributed by atoms with Crippen molar-refractivity contribution in [1.29, 1.82) is 0 Å². The van der Waals surface area contributed by atoms with E-state index < -0.39 is 29.8 Å². The van der Waals surface area contributed by atoms with E-state index in [0.717, 1.165) is 12.0 Å². The molecule has 1 N–H and O–H groups in total.